The highest BCUT2D eigenvalue weighted by molar-refractivity contribution is 7.89. The summed E-state index contributed by atoms with van der Waals surface area (Å²) in [4.78, 5) is 28.3. The molecule has 2 rings (SSSR count). The highest BCUT2D eigenvalue weighted by atomic mass is 32.2. The lowest BCUT2D eigenvalue weighted by molar-refractivity contribution is -0.128. The summed E-state index contributed by atoms with van der Waals surface area (Å²) in [5.41, 5.74) is 0.743. The fraction of sp³-hybridized carbons (Fsp3) is 0.524. The molecule has 172 valence electrons. The third kappa shape index (κ3) is 8.41. The average molecular weight is 453 g/mol. The Morgan fingerprint density at radius 1 is 1.13 bits per heavy atom. The summed E-state index contributed by atoms with van der Waals surface area (Å²) in [6.45, 7) is 5.98. The van der Waals surface area contributed by atoms with Crippen LogP contribution in [0.2, 0.25) is 0 Å². The van der Waals surface area contributed by atoms with E-state index < -0.39 is 10.0 Å². The van der Waals surface area contributed by atoms with E-state index in [9.17, 15) is 18.0 Å². The number of carbonyl (C=O) groups is 2. The molecule has 2 amide bonds. The molecular weight excluding hydrogens is 420 g/mol. The topological polar surface area (TPSA) is 108 Å². The van der Waals surface area contributed by atoms with Crippen LogP contribution in [0.15, 0.2) is 35.2 Å². The Morgan fingerprint density at radius 2 is 1.81 bits per heavy atom. The second-order valence-electron chi connectivity index (χ2n) is 7.20. The summed E-state index contributed by atoms with van der Waals surface area (Å²) in [7, 11) is -1.85. The van der Waals surface area contributed by atoms with Gasteiger partial charge in [0.2, 0.25) is 21.8 Å². The Labute approximate surface area is 184 Å². The number of amides is 2. The summed E-state index contributed by atoms with van der Waals surface area (Å²) >= 11 is 0. The first-order chi connectivity index (χ1) is 14.9. The molecular formula is C21H32N4O5S. The first-order valence-corrected chi connectivity index (χ1v) is 11.9. The number of nitrogens with one attached hydrogen (secondary N) is 2. The molecule has 1 aliphatic heterocycles. The number of nitrogens with zero attached hydrogens (tertiary/aromatic N) is 2. The minimum atomic E-state index is -3.49. The van der Waals surface area contributed by atoms with Gasteiger partial charge in [0.1, 0.15) is 0 Å². The summed E-state index contributed by atoms with van der Waals surface area (Å²) < 4.78 is 31.3. The van der Waals surface area contributed by atoms with Crippen LogP contribution in [0.25, 0.3) is 6.08 Å². The SMILES string of the molecule is CCNS(=O)(=O)c1ccc(/C=C/C(=O)N2CCN(CC(=O)NCCCOC)CC2)cc1. The number of ether oxygens (including phenoxy) is 1. The van der Waals surface area contributed by atoms with Crippen LogP contribution >= 0.6 is 0 Å². The van der Waals surface area contributed by atoms with Crippen LogP contribution in [0.4, 0.5) is 0 Å². The summed E-state index contributed by atoms with van der Waals surface area (Å²) in [6.07, 6.45) is 3.95. The van der Waals surface area contributed by atoms with Crippen molar-refractivity contribution in [2.24, 2.45) is 0 Å². The Kier molecular flexibility index (Phi) is 10.1. The van der Waals surface area contributed by atoms with Crippen LogP contribution in [-0.2, 0) is 24.3 Å². The number of methoxy groups -OCH3 is 1. The van der Waals surface area contributed by atoms with Gasteiger partial charge >= 0.3 is 0 Å². The Morgan fingerprint density at radius 3 is 2.42 bits per heavy atom. The van der Waals surface area contributed by atoms with Crippen LogP contribution in [0.3, 0.4) is 0 Å². The predicted molar refractivity (Wildman–Crippen MR) is 119 cm³/mol. The molecule has 0 unspecified atom stereocenters. The van der Waals surface area contributed by atoms with Gasteiger partial charge in [0.25, 0.3) is 0 Å². The van der Waals surface area contributed by atoms with Gasteiger partial charge in [-0.25, -0.2) is 13.1 Å². The zero-order valence-corrected chi connectivity index (χ0v) is 19.0. The van der Waals surface area contributed by atoms with E-state index in [1.165, 1.54) is 18.2 Å². The van der Waals surface area contributed by atoms with Gasteiger partial charge in [-0.15, -0.1) is 0 Å². The molecule has 1 aromatic rings. The zero-order valence-electron chi connectivity index (χ0n) is 18.2. The lowest BCUT2D eigenvalue weighted by Crippen LogP contribution is -2.50. The van der Waals surface area contributed by atoms with E-state index in [1.807, 2.05) is 4.90 Å². The van der Waals surface area contributed by atoms with E-state index in [1.54, 1.807) is 37.1 Å². The molecule has 1 aromatic carbocycles. The third-order valence-electron chi connectivity index (χ3n) is 4.84. The van der Waals surface area contributed by atoms with E-state index in [4.69, 9.17) is 4.74 Å². The molecule has 31 heavy (non-hydrogen) atoms. The van der Waals surface area contributed by atoms with E-state index in [0.29, 0.717) is 52.4 Å². The summed E-state index contributed by atoms with van der Waals surface area (Å²) in [5, 5.41) is 2.86. The number of rotatable bonds is 11. The van der Waals surface area contributed by atoms with Gasteiger partial charge in [-0.2, -0.15) is 0 Å². The molecule has 0 spiro atoms. The first-order valence-electron chi connectivity index (χ1n) is 10.4. The predicted octanol–water partition coefficient (Wildman–Crippen LogP) is 0.295. The van der Waals surface area contributed by atoms with Crippen LogP contribution < -0.4 is 10.0 Å². The number of benzene rings is 1. The van der Waals surface area contributed by atoms with Gasteiger partial charge in [0.05, 0.1) is 11.4 Å². The standard InChI is InChI=1S/C21H32N4O5S/c1-3-23-31(28,29)19-8-5-18(6-9-19)7-10-21(27)25-14-12-24(13-15-25)17-20(26)22-11-4-16-30-2/h5-10,23H,3-4,11-17H2,1-2H3,(H,22,26)/b10-7+. The number of sulfonamides is 1. The minimum absolute atomic E-state index is 0.0182. The highest BCUT2D eigenvalue weighted by Crippen LogP contribution is 2.12. The molecule has 1 fully saturated rings. The molecule has 2 N–H and O–H groups in total. The van der Waals surface area contributed by atoms with Crippen LogP contribution in [-0.4, -0.2) is 89.6 Å². The number of piperazine rings is 1. The van der Waals surface area contributed by atoms with Gasteiger partial charge in [-0.05, 0) is 30.2 Å². The molecule has 0 atom stereocenters. The number of carbonyl (C=O) groups excluding carboxylic acids is 2. The van der Waals surface area contributed by atoms with Gasteiger partial charge < -0.3 is 15.0 Å². The maximum Gasteiger partial charge on any atom is 0.246 e. The molecule has 0 aromatic heterocycles. The highest BCUT2D eigenvalue weighted by Gasteiger charge is 2.21. The fourth-order valence-corrected chi connectivity index (χ4v) is 4.18. The lowest BCUT2D eigenvalue weighted by atomic mass is 10.2. The zero-order chi connectivity index (χ0) is 22.7. The van der Waals surface area contributed by atoms with Crippen molar-refractivity contribution in [1.82, 2.24) is 19.8 Å². The quantitative estimate of drug-likeness (QED) is 0.369. The van der Waals surface area contributed by atoms with Gasteiger partial charge in [0, 0.05) is 59.1 Å². The summed E-state index contributed by atoms with van der Waals surface area (Å²) in [5.74, 6) is -0.122. The second-order valence-corrected chi connectivity index (χ2v) is 8.97. The van der Waals surface area contributed by atoms with Crippen molar-refractivity contribution in [3.8, 4) is 0 Å². The van der Waals surface area contributed by atoms with Gasteiger partial charge in [-0.1, -0.05) is 19.1 Å². The number of hydrogen-bond acceptors (Lipinski definition) is 6. The molecule has 0 saturated carbocycles. The monoisotopic (exact) mass is 452 g/mol. The van der Waals surface area contributed by atoms with Crippen LogP contribution in [0.5, 0.6) is 0 Å². The molecule has 0 bridgehead atoms. The molecule has 0 radical (unpaired) electrons. The van der Waals surface area contributed by atoms with Crippen molar-refractivity contribution in [3.63, 3.8) is 0 Å². The molecule has 1 saturated heterocycles. The molecule has 1 heterocycles. The van der Waals surface area contributed by atoms with E-state index in [-0.39, 0.29) is 16.7 Å². The van der Waals surface area contributed by atoms with E-state index in [2.05, 4.69) is 10.0 Å². The van der Waals surface area contributed by atoms with Crippen molar-refractivity contribution in [3.05, 3.63) is 35.9 Å². The fourth-order valence-electron chi connectivity index (χ4n) is 3.13. The second kappa shape index (κ2) is 12.6. The smallest absolute Gasteiger partial charge is 0.246 e. The Bertz CT molecular complexity index is 847. The summed E-state index contributed by atoms with van der Waals surface area (Å²) in [6, 6.07) is 6.36. The maximum atomic E-state index is 12.4. The molecule has 0 aliphatic carbocycles. The van der Waals surface area contributed by atoms with Crippen LogP contribution in [0.1, 0.15) is 18.9 Å². The lowest BCUT2D eigenvalue weighted by Gasteiger charge is -2.33. The van der Waals surface area contributed by atoms with Crippen molar-refractivity contribution in [1.29, 1.82) is 0 Å². The van der Waals surface area contributed by atoms with E-state index >= 15 is 0 Å². The normalized spacial score (nSPS) is 15.4. The van der Waals surface area contributed by atoms with Crippen LogP contribution in [0, 0.1) is 0 Å². The molecule has 10 heteroatoms. The maximum absolute atomic E-state index is 12.4. The Balaban J connectivity index is 1.77. The van der Waals surface area contributed by atoms with E-state index in [0.717, 1.165) is 12.0 Å². The van der Waals surface area contributed by atoms with Gasteiger partial charge in [0.15, 0.2) is 0 Å². The average Bonchev–Trinajstić information content (AvgIpc) is 2.76. The third-order valence-corrected chi connectivity index (χ3v) is 6.40. The molecule has 1 aliphatic rings. The number of hydrogen-bond donors (Lipinski definition) is 2. The van der Waals surface area contributed by atoms with Gasteiger partial charge in [-0.3, -0.25) is 14.5 Å². The minimum Gasteiger partial charge on any atom is -0.385 e. The van der Waals surface area contributed by atoms with Crippen molar-refractivity contribution >= 4 is 27.9 Å². The first kappa shape index (κ1) is 25.0. The largest absolute Gasteiger partial charge is 0.385 e. The van der Waals surface area contributed by atoms with Crippen molar-refractivity contribution in [2.75, 3.05) is 59.5 Å². The Hall–Kier alpha value is -2.27. The van der Waals surface area contributed by atoms with Crippen molar-refractivity contribution < 1.29 is 22.7 Å². The molecule has 9 nitrogen and oxygen atoms in total. The van der Waals surface area contributed by atoms with Crippen molar-refractivity contribution in [2.45, 2.75) is 18.2 Å².